The third-order valence-corrected chi connectivity index (χ3v) is 5.88. The summed E-state index contributed by atoms with van der Waals surface area (Å²) in [5, 5.41) is 0. The zero-order valence-corrected chi connectivity index (χ0v) is 14.9. The molecule has 2 aliphatic heterocycles. The molecule has 23 heavy (non-hydrogen) atoms. The van der Waals surface area contributed by atoms with E-state index in [9.17, 15) is 4.79 Å². The average Bonchev–Trinajstić information content (AvgIpc) is 3.19. The molecular formula is C17H26N2O3S. The molecule has 0 bridgehead atoms. The van der Waals surface area contributed by atoms with Gasteiger partial charge in [0.1, 0.15) is 4.88 Å². The van der Waals surface area contributed by atoms with E-state index in [2.05, 4.69) is 16.7 Å². The molecule has 0 aromatic carbocycles. The second-order valence-corrected chi connectivity index (χ2v) is 7.75. The second kappa shape index (κ2) is 7.75. The van der Waals surface area contributed by atoms with Crippen molar-refractivity contribution in [2.24, 2.45) is 5.92 Å². The number of carbonyl (C=O) groups is 1. The maximum Gasteiger partial charge on any atom is 0.348 e. The summed E-state index contributed by atoms with van der Waals surface area (Å²) in [6, 6.07) is 1.99. The van der Waals surface area contributed by atoms with Crippen LogP contribution in [0.25, 0.3) is 0 Å². The van der Waals surface area contributed by atoms with Gasteiger partial charge in [-0.1, -0.05) is 0 Å². The summed E-state index contributed by atoms with van der Waals surface area (Å²) in [7, 11) is 1.44. The van der Waals surface area contributed by atoms with E-state index in [1.54, 1.807) is 0 Å². The van der Waals surface area contributed by atoms with Crippen molar-refractivity contribution in [1.29, 1.82) is 0 Å². The molecular weight excluding hydrogens is 312 g/mol. The zero-order chi connectivity index (χ0) is 16.2. The molecule has 3 rings (SSSR count). The van der Waals surface area contributed by atoms with Crippen molar-refractivity contribution >= 4 is 17.3 Å². The fraction of sp³-hybridized carbons (Fsp3) is 0.706. The molecule has 2 saturated heterocycles. The van der Waals surface area contributed by atoms with E-state index in [-0.39, 0.29) is 5.97 Å². The molecule has 128 valence electrons. The summed E-state index contributed by atoms with van der Waals surface area (Å²) >= 11 is 1.53. The largest absolute Gasteiger partial charge is 0.465 e. The molecule has 2 aliphatic rings. The molecule has 0 amide bonds. The highest BCUT2D eigenvalue weighted by Crippen LogP contribution is 2.24. The Labute approximate surface area is 142 Å². The summed E-state index contributed by atoms with van der Waals surface area (Å²) in [5.74, 6) is 0.497. The first-order chi connectivity index (χ1) is 11.2. The molecule has 3 heterocycles. The molecule has 0 N–H and O–H groups in total. The first kappa shape index (κ1) is 16.9. The lowest BCUT2D eigenvalue weighted by atomic mass is 10.1. The Morgan fingerprint density at radius 3 is 2.74 bits per heavy atom. The van der Waals surface area contributed by atoms with E-state index in [4.69, 9.17) is 9.47 Å². The highest BCUT2D eigenvalue weighted by atomic mass is 32.1. The fourth-order valence-corrected chi connectivity index (χ4v) is 4.29. The van der Waals surface area contributed by atoms with Gasteiger partial charge in [0.2, 0.25) is 0 Å². The summed E-state index contributed by atoms with van der Waals surface area (Å²) in [5.41, 5.74) is 1.26. The lowest BCUT2D eigenvalue weighted by Gasteiger charge is -2.35. The zero-order valence-electron chi connectivity index (χ0n) is 14.0. The summed E-state index contributed by atoms with van der Waals surface area (Å²) in [6.45, 7) is 10.5. The third-order valence-electron chi connectivity index (χ3n) is 4.81. The normalized spacial score (nSPS) is 23.3. The van der Waals surface area contributed by atoms with E-state index in [1.807, 2.05) is 6.07 Å². The number of esters is 1. The van der Waals surface area contributed by atoms with Gasteiger partial charge in [-0.25, -0.2) is 4.79 Å². The van der Waals surface area contributed by atoms with Gasteiger partial charge in [-0.3, -0.25) is 4.90 Å². The molecule has 1 aromatic rings. The van der Waals surface area contributed by atoms with E-state index in [0.717, 1.165) is 51.9 Å². The van der Waals surface area contributed by atoms with Crippen LogP contribution in [0.4, 0.5) is 0 Å². The molecule has 0 saturated carbocycles. The van der Waals surface area contributed by atoms with Gasteiger partial charge in [0.05, 0.1) is 13.7 Å². The van der Waals surface area contributed by atoms with Crippen molar-refractivity contribution in [3.63, 3.8) is 0 Å². The molecule has 0 aliphatic carbocycles. The molecule has 6 heteroatoms. The van der Waals surface area contributed by atoms with Crippen LogP contribution in [0.5, 0.6) is 0 Å². The highest BCUT2D eigenvalue weighted by Gasteiger charge is 2.23. The number of carbonyl (C=O) groups excluding carboxylic acids is 1. The van der Waals surface area contributed by atoms with Gasteiger partial charge < -0.3 is 14.4 Å². The maximum atomic E-state index is 11.6. The fourth-order valence-electron chi connectivity index (χ4n) is 3.34. The SMILES string of the molecule is COC(=O)c1cc(CN2CCN(CC3CCOC3)CC2)c(C)s1. The second-order valence-electron chi connectivity index (χ2n) is 6.49. The number of thiophene rings is 1. The van der Waals surface area contributed by atoms with Gasteiger partial charge in [-0.15, -0.1) is 11.3 Å². The average molecular weight is 338 g/mol. The van der Waals surface area contributed by atoms with Crippen LogP contribution in [-0.4, -0.2) is 68.8 Å². The number of ether oxygens (including phenoxy) is 2. The quantitative estimate of drug-likeness (QED) is 0.768. The van der Waals surface area contributed by atoms with Gasteiger partial charge >= 0.3 is 5.97 Å². The smallest absolute Gasteiger partial charge is 0.348 e. The first-order valence-corrected chi connectivity index (χ1v) is 9.17. The Bertz CT molecular complexity index is 532. The van der Waals surface area contributed by atoms with Gasteiger partial charge in [0.25, 0.3) is 0 Å². The maximum absolute atomic E-state index is 11.6. The minimum Gasteiger partial charge on any atom is -0.465 e. The number of hydrogen-bond donors (Lipinski definition) is 0. The molecule has 1 atom stereocenters. The van der Waals surface area contributed by atoms with Crippen molar-refractivity contribution in [3.05, 3.63) is 21.4 Å². The predicted octanol–water partition coefficient (Wildman–Crippen LogP) is 2.00. The van der Waals surface area contributed by atoms with Crippen LogP contribution >= 0.6 is 11.3 Å². The standard InChI is InChI=1S/C17H26N2O3S/c1-13-15(9-16(23-13)17(20)21-2)11-19-6-4-18(5-7-19)10-14-3-8-22-12-14/h9,14H,3-8,10-12H2,1-2H3. The van der Waals surface area contributed by atoms with E-state index in [0.29, 0.717) is 4.88 Å². The number of nitrogens with zero attached hydrogens (tertiary/aromatic N) is 2. The van der Waals surface area contributed by atoms with Gasteiger partial charge in [-0.05, 0) is 30.9 Å². The Morgan fingerprint density at radius 1 is 1.35 bits per heavy atom. The lowest BCUT2D eigenvalue weighted by Crippen LogP contribution is -2.47. The monoisotopic (exact) mass is 338 g/mol. The Balaban J connectivity index is 1.48. The molecule has 0 radical (unpaired) electrons. The third kappa shape index (κ3) is 4.32. The minimum atomic E-state index is -0.229. The summed E-state index contributed by atoms with van der Waals surface area (Å²) in [6.07, 6.45) is 1.21. The number of piperazine rings is 1. The van der Waals surface area contributed by atoms with E-state index < -0.39 is 0 Å². The van der Waals surface area contributed by atoms with Crippen LogP contribution in [0.1, 0.15) is 26.5 Å². The van der Waals surface area contributed by atoms with Crippen molar-refractivity contribution in [3.8, 4) is 0 Å². The Hall–Kier alpha value is -0.950. The van der Waals surface area contributed by atoms with Crippen molar-refractivity contribution in [2.45, 2.75) is 19.9 Å². The highest BCUT2D eigenvalue weighted by molar-refractivity contribution is 7.14. The Morgan fingerprint density at radius 2 is 2.09 bits per heavy atom. The van der Waals surface area contributed by atoms with E-state index >= 15 is 0 Å². The van der Waals surface area contributed by atoms with Crippen molar-refractivity contribution in [2.75, 3.05) is 53.0 Å². The van der Waals surface area contributed by atoms with Crippen LogP contribution < -0.4 is 0 Å². The number of aryl methyl sites for hydroxylation is 1. The van der Waals surface area contributed by atoms with Crippen LogP contribution in [0, 0.1) is 12.8 Å². The molecule has 2 fully saturated rings. The number of rotatable bonds is 5. The van der Waals surface area contributed by atoms with Gasteiger partial charge in [-0.2, -0.15) is 0 Å². The van der Waals surface area contributed by atoms with Gasteiger partial charge in [0, 0.05) is 50.8 Å². The summed E-state index contributed by atoms with van der Waals surface area (Å²) < 4.78 is 10.3. The minimum absolute atomic E-state index is 0.229. The van der Waals surface area contributed by atoms with Crippen LogP contribution in [0.3, 0.4) is 0 Å². The number of hydrogen-bond acceptors (Lipinski definition) is 6. The Kier molecular flexibility index (Phi) is 5.69. The first-order valence-electron chi connectivity index (χ1n) is 8.36. The molecule has 1 unspecified atom stereocenters. The topological polar surface area (TPSA) is 42.0 Å². The predicted molar refractivity (Wildman–Crippen MR) is 91.0 cm³/mol. The summed E-state index contributed by atoms with van der Waals surface area (Å²) in [4.78, 5) is 18.6. The van der Waals surface area contributed by atoms with Gasteiger partial charge in [0.15, 0.2) is 0 Å². The number of methoxy groups -OCH3 is 1. The van der Waals surface area contributed by atoms with Crippen LogP contribution in [0.15, 0.2) is 6.07 Å². The molecule has 1 aromatic heterocycles. The molecule has 5 nitrogen and oxygen atoms in total. The lowest BCUT2D eigenvalue weighted by molar-refractivity contribution is 0.0606. The van der Waals surface area contributed by atoms with Crippen LogP contribution in [0.2, 0.25) is 0 Å². The van der Waals surface area contributed by atoms with Crippen LogP contribution in [-0.2, 0) is 16.0 Å². The molecule has 0 spiro atoms. The van der Waals surface area contributed by atoms with E-state index in [1.165, 1.54) is 41.9 Å². The van der Waals surface area contributed by atoms with Crippen molar-refractivity contribution < 1.29 is 14.3 Å². The van der Waals surface area contributed by atoms with Crippen molar-refractivity contribution in [1.82, 2.24) is 9.80 Å².